The predicted molar refractivity (Wildman–Crippen MR) is 69.8 cm³/mol. The van der Waals surface area contributed by atoms with Gasteiger partial charge in [0.25, 0.3) is 0 Å². The fourth-order valence-corrected chi connectivity index (χ4v) is 3.68. The lowest BCUT2D eigenvalue weighted by Gasteiger charge is -2.17. The summed E-state index contributed by atoms with van der Waals surface area (Å²) in [7, 11) is 0. The van der Waals surface area contributed by atoms with Gasteiger partial charge in [-0.05, 0) is 31.5 Å². The lowest BCUT2D eigenvalue weighted by Crippen LogP contribution is -2.23. The zero-order valence-corrected chi connectivity index (χ0v) is 10.8. The molecule has 0 radical (unpaired) electrons. The molecule has 1 aliphatic rings. The summed E-state index contributed by atoms with van der Waals surface area (Å²) in [4.78, 5) is 0. The summed E-state index contributed by atoms with van der Waals surface area (Å²) >= 11 is 2.11. The van der Waals surface area contributed by atoms with Gasteiger partial charge in [-0.15, -0.1) is 0 Å². The Morgan fingerprint density at radius 1 is 1.50 bits per heavy atom. The number of furan rings is 1. The van der Waals surface area contributed by atoms with Crippen LogP contribution in [-0.4, -0.2) is 17.5 Å². The standard InChI is InChI=1S/C13H21NOS/c1-2-14-12(13-8-5-9-15-13)10-16-11-6-3-4-7-11/h5,8-9,11-12,14H,2-4,6-7,10H2,1H3. The number of hydrogen-bond donors (Lipinski definition) is 1. The van der Waals surface area contributed by atoms with E-state index in [9.17, 15) is 0 Å². The van der Waals surface area contributed by atoms with E-state index < -0.39 is 0 Å². The van der Waals surface area contributed by atoms with Crippen molar-refractivity contribution in [3.05, 3.63) is 24.2 Å². The smallest absolute Gasteiger partial charge is 0.121 e. The van der Waals surface area contributed by atoms with Crippen LogP contribution in [0.5, 0.6) is 0 Å². The largest absolute Gasteiger partial charge is 0.468 e. The van der Waals surface area contributed by atoms with Crippen molar-refractivity contribution in [1.29, 1.82) is 0 Å². The van der Waals surface area contributed by atoms with Crippen LogP contribution in [-0.2, 0) is 0 Å². The molecule has 0 bridgehead atoms. The molecule has 2 nitrogen and oxygen atoms in total. The molecular weight excluding hydrogens is 218 g/mol. The molecule has 1 aliphatic carbocycles. The third kappa shape index (κ3) is 3.29. The number of hydrogen-bond acceptors (Lipinski definition) is 3. The SMILES string of the molecule is CCNC(CSC1CCCC1)c1ccco1. The van der Waals surface area contributed by atoms with Gasteiger partial charge < -0.3 is 9.73 Å². The van der Waals surface area contributed by atoms with Gasteiger partial charge in [-0.2, -0.15) is 11.8 Å². The van der Waals surface area contributed by atoms with Crippen LogP contribution < -0.4 is 5.32 Å². The fourth-order valence-electron chi connectivity index (χ4n) is 2.26. The van der Waals surface area contributed by atoms with Gasteiger partial charge in [0.1, 0.15) is 5.76 Å². The van der Waals surface area contributed by atoms with Gasteiger partial charge in [0, 0.05) is 11.0 Å². The topological polar surface area (TPSA) is 25.2 Å². The summed E-state index contributed by atoms with van der Waals surface area (Å²) in [5.74, 6) is 2.21. The van der Waals surface area contributed by atoms with Crippen LogP contribution in [0, 0.1) is 0 Å². The van der Waals surface area contributed by atoms with E-state index in [1.165, 1.54) is 25.7 Å². The van der Waals surface area contributed by atoms with Gasteiger partial charge >= 0.3 is 0 Å². The zero-order valence-electron chi connectivity index (χ0n) is 9.95. The Kier molecular flexibility index (Phi) is 4.79. The summed E-state index contributed by atoms with van der Waals surface area (Å²) in [6.07, 6.45) is 7.41. The summed E-state index contributed by atoms with van der Waals surface area (Å²) in [5, 5.41) is 4.38. The van der Waals surface area contributed by atoms with E-state index in [-0.39, 0.29) is 0 Å². The minimum Gasteiger partial charge on any atom is -0.468 e. The molecule has 2 rings (SSSR count). The molecule has 1 heterocycles. The van der Waals surface area contributed by atoms with Gasteiger partial charge in [-0.1, -0.05) is 19.8 Å². The van der Waals surface area contributed by atoms with Crippen molar-refractivity contribution < 1.29 is 4.42 Å². The van der Waals surface area contributed by atoms with E-state index >= 15 is 0 Å². The van der Waals surface area contributed by atoms with E-state index in [1.54, 1.807) is 6.26 Å². The van der Waals surface area contributed by atoms with Crippen LogP contribution in [0.25, 0.3) is 0 Å². The molecule has 1 aromatic rings. The average molecular weight is 239 g/mol. The molecule has 90 valence electrons. The minimum atomic E-state index is 0.380. The highest BCUT2D eigenvalue weighted by atomic mass is 32.2. The van der Waals surface area contributed by atoms with Crippen molar-refractivity contribution >= 4 is 11.8 Å². The van der Waals surface area contributed by atoms with Crippen molar-refractivity contribution in [1.82, 2.24) is 5.32 Å². The summed E-state index contributed by atoms with van der Waals surface area (Å²) in [6, 6.07) is 4.42. The van der Waals surface area contributed by atoms with Gasteiger partial charge in [0.2, 0.25) is 0 Å². The van der Waals surface area contributed by atoms with Gasteiger partial charge in [0.15, 0.2) is 0 Å². The summed E-state index contributed by atoms with van der Waals surface area (Å²) < 4.78 is 5.49. The Morgan fingerprint density at radius 2 is 2.31 bits per heavy atom. The van der Waals surface area contributed by atoms with Crippen LogP contribution >= 0.6 is 11.8 Å². The molecule has 16 heavy (non-hydrogen) atoms. The van der Waals surface area contributed by atoms with E-state index in [0.717, 1.165) is 23.3 Å². The molecule has 1 saturated carbocycles. The average Bonchev–Trinajstić information content (AvgIpc) is 2.96. The second kappa shape index (κ2) is 6.36. The minimum absolute atomic E-state index is 0.380. The van der Waals surface area contributed by atoms with Crippen molar-refractivity contribution in [2.75, 3.05) is 12.3 Å². The molecule has 1 atom stereocenters. The summed E-state index contributed by atoms with van der Waals surface area (Å²) in [6.45, 7) is 3.15. The first-order valence-electron chi connectivity index (χ1n) is 6.28. The molecule has 0 aliphatic heterocycles. The van der Waals surface area contributed by atoms with Crippen LogP contribution in [0.3, 0.4) is 0 Å². The van der Waals surface area contributed by atoms with Crippen LogP contribution in [0.2, 0.25) is 0 Å². The Labute approximate surface area is 102 Å². The van der Waals surface area contributed by atoms with Gasteiger partial charge in [-0.3, -0.25) is 0 Å². The highest BCUT2D eigenvalue weighted by molar-refractivity contribution is 7.99. The molecule has 3 heteroatoms. The number of rotatable bonds is 6. The van der Waals surface area contributed by atoms with E-state index in [4.69, 9.17) is 4.42 Å². The Bertz CT molecular complexity index is 280. The van der Waals surface area contributed by atoms with Gasteiger partial charge in [0.05, 0.1) is 12.3 Å². The second-order valence-corrected chi connectivity index (χ2v) is 5.70. The van der Waals surface area contributed by atoms with E-state index in [1.807, 2.05) is 6.07 Å². The first-order chi connectivity index (χ1) is 7.90. The Hall–Kier alpha value is -0.410. The molecule has 0 spiro atoms. The highest BCUT2D eigenvalue weighted by Crippen LogP contribution is 2.32. The van der Waals surface area contributed by atoms with Crippen molar-refractivity contribution in [2.45, 2.75) is 43.9 Å². The lowest BCUT2D eigenvalue weighted by atomic mass is 10.2. The maximum atomic E-state index is 5.49. The highest BCUT2D eigenvalue weighted by Gasteiger charge is 2.19. The normalized spacial score (nSPS) is 19.1. The van der Waals surface area contributed by atoms with Crippen LogP contribution in [0.4, 0.5) is 0 Å². The maximum Gasteiger partial charge on any atom is 0.121 e. The fraction of sp³-hybridized carbons (Fsp3) is 0.692. The second-order valence-electron chi connectivity index (χ2n) is 4.37. The molecular formula is C13H21NOS. The lowest BCUT2D eigenvalue weighted by molar-refractivity contribution is 0.440. The van der Waals surface area contributed by atoms with Crippen molar-refractivity contribution in [3.8, 4) is 0 Å². The number of nitrogens with one attached hydrogen (secondary N) is 1. The molecule has 0 amide bonds. The first-order valence-corrected chi connectivity index (χ1v) is 7.33. The monoisotopic (exact) mass is 239 g/mol. The Morgan fingerprint density at radius 3 is 2.94 bits per heavy atom. The van der Waals surface area contributed by atoms with Crippen LogP contribution in [0.1, 0.15) is 44.4 Å². The molecule has 1 fully saturated rings. The predicted octanol–water partition coefficient (Wildman–Crippen LogP) is 3.61. The molecule has 1 aromatic heterocycles. The Balaban J connectivity index is 1.82. The van der Waals surface area contributed by atoms with Gasteiger partial charge in [-0.25, -0.2) is 0 Å². The molecule has 0 aromatic carbocycles. The molecule has 1 N–H and O–H groups in total. The third-order valence-electron chi connectivity index (χ3n) is 3.14. The zero-order chi connectivity index (χ0) is 11.2. The van der Waals surface area contributed by atoms with Crippen molar-refractivity contribution in [2.24, 2.45) is 0 Å². The number of thioether (sulfide) groups is 1. The first kappa shape index (κ1) is 12.1. The molecule has 0 saturated heterocycles. The third-order valence-corrected chi connectivity index (χ3v) is 4.61. The molecule has 1 unspecified atom stereocenters. The van der Waals surface area contributed by atoms with E-state index in [2.05, 4.69) is 30.1 Å². The van der Waals surface area contributed by atoms with Crippen molar-refractivity contribution in [3.63, 3.8) is 0 Å². The quantitative estimate of drug-likeness (QED) is 0.821. The van der Waals surface area contributed by atoms with Crippen LogP contribution in [0.15, 0.2) is 22.8 Å². The summed E-state index contributed by atoms with van der Waals surface area (Å²) in [5.41, 5.74) is 0. The van der Waals surface area contributed by atoms with E-state index in [0.29, 0.717) is 6.04 Å². The maximum absolute atomic E-state index is 5.49.